The SMILES string of the molecule is CCCC(N1CCCCC1)N1C(=O)CN(C)C1=O. The summed E-state index contributed by atoms with van der Waals surface area (Å²) in [7, 11) is 1.69. The summed E-state index contributed by atoms with van der Waals surface area (Å²) in [5, 5.41) is 0. The summed E-state index contributed by atoms with van der Waals surface area (Å²) in [6, 6.07) is -0.135. The molecule has 0 aromatic rings. The predicted molar refractivity (Wildman–Crippen MR) is 69.0 cm³/mol. The predicted octanol–water partition coefficient (Wildman–Crippen LogP) is 1.49. The van der Waals surface area contributed by atoms with Gasteiger partial charge in [-0.15, -0.1) is 0 Å². The van der Waals surface area contributed by atoms with Crippen molar-refractivity contribution in [3.8, 4) is 0 Å². The summed E-state index contributed by atoms with van der Waals surface area (Å²) >= 11 is 0. The quantitative estimate of drug-likeness (QED) is 0.713. The molecule has 0 aromatic carbocycles. The highest BCUT2D eigenvalue weighted by Crippen LogP contribution is 2.22. The largest absolute Gasteiger partial charge is 0.328 e. The average molecular weight is 253 g/mol. The second-order valence-corrected chi connectivity index (χ2v) is 5.27. The first-order valence-corrected chi connectivity index (χ1v) is 6.96. The van der Waals surface area contributed by atoms with Gasteiger partial charge in [-0.2, -0.15) is 0 Å². The van der Waals surface area contributed by atoms with Gasteiger partial charge in [0.25, 0.3) is 5.91 Å². The molecule has 2 heterocycles. The Morgan fingerprint density at radius 3 is 2.33 bits per heavy atom. The number of nitrogens with zero attached hydrogens (tertiary/aromatic N) is 3. The molecule has 18 heavy (non-hydrogen) atoms. The number of amides is 3. The second kappa shape index (κ2) is 5.69. The lowest BCUT2D eigenvalue weighted by molar-refractivity contribution is -0.130. The van der Waals surface area contributed by atoms with Gasteiger partial charge in [0.1, 0.15) is 6.54 Å². The van der Waals surface area contributed by atoms with Crippen molar-refractivity contribution in [1.29, 1.82) is 0 Å². The van der Waals surface area contributed by atoms with E-state index in [0.717, 1.165) is 25.9 Å². The van der Waals surface area contributed by atoms with Crippen LogP contribution >= 0.6 is 0 Å². The van der Waals surface area contributed by atoms with Gasteiger partial charge in [0.05, 0.1) is 6.17 Å². The molecule has 102 valence electrons. The molecule has 0 aromatic heterocycles. The third kappa shape index (κ3) is 2.51. The van der Waals surface area contributed by atoms with Gasteiger partial charge in [-0.3, -0.25) is 9.69 Å². The van der Waals surface area contributed by atoms with Crippen molar-refractivity contribution in [2.45, 2.75) is 45.2 Å². The molecule has 1 atom stereocenters. The highest BCUT2D eigenvalue weighted by atomic mass is 16.2. The van der Waals surface area contributed by atoms with Crippen LogP contribution in [0.4, 0.5) is 4.79 Å². The molecule has 2 saturated heterocycles. The van der Waals surface area contributed by atoms with E-state index in [-0.39, 0.29) is 24.6 Å². The van der Waals surface area contributed by atoms with Crippen LogP contribution in [0.5, 0.6) is 0 Å². The maximum absolute atomic E-state index is 12.1. The molecule has 0 aliphatic carbocycles. The number of hydrogen-bond acceptors (Lipinski definition) is 3. The molecule has 0 bridgehead atoms. The Hall–Kier alpha value is -1.10. The molecule has 0 N–H and O–H groups in total. The molecular formula is C13H23N3O2. The van der Waals surface area contributed by atoms with Gasteiger partial charge in [-0.25, -0.2) is 9.69 Å². The molecule has 0 radical (unpaired) electrons. The summed E-state index contributed by atoms with van der Waals surface area (Å²) in [6.45, 7) is 4.34. The Balaban J connectivity index is 2.13. The fourth-order valence-electron chi connectivity index (χ4n) is 2.88. The Bertz CT molecular complexity index is 326. The third-order valence-corrected chi connectivity index (χ3v) is 3.83. The molecule has 2 rings (SSSR count). The molecule has 3 amide bonds. The summed E-state index contributed by atoms with van der Waals surface area (Å²) in [6.07, 6.45) is 5.45. The number of hydrogen-bond donors (Lipinski definition) is 0. The maximum atomic E-state index is 12.1. The van der Waals surface area contributed by atoms with E-state index in [1.54, 1.807) is 7.05 Å². The Morgan fingerprint density at radius 2 is 1.83 bits per heavy atom. The van der Waals surface area contributed by atoms with E-state index < -0.39 is 0 Å². The average Bonchev–Trinajstić information content (AvgIpc) is 2.62. The van der Waals surface area contributed by atoms with Gasteiger partial charge in [0, 0.05) is 20.1 Å². The molecule has 2 fully saturated rings. The Morgan fingerprint density at radius 1 is 1.17 bits per heavy atom. The van der Waals surface area contributed by atoms with Crippen LogP contribution < -0.4 is 0 Å². The van der Waals surface area contributed by atoms with Gasteiger partial charge >= 0.3 is 6.03 Å². The fourth-order valence-corrected chi connectivity index (χ4v) is 2.88. The molecule has 1 unspecified atom stereocenters. The van der Waals surface area contributed by atoms with E-state index in [9.17, 15) is 9.59 Å². The molecule has 0 saturated carbocycles. The maximum Gasteiger partial charge on any atom is 0.328 e. The van der Waals surface area contributed by atoms with E-state index in [1.165, 1.54) is 29.1 Å². The van der Waals surface area contributed by atoms with Crippen LogP contribution in [0.3, 0.4) is 0 Å². The van der Waals surface area contributed by atoms with Crippen LogP contribution in [0, 0.1) is 0 Å². The zero-order valence-electron chi connectivity index (χ0n) is 11.4. The summed E-state index contributed by atoms with van der Waals surface area (Å²) in [5.41, 5.74) is 0. The van der Waals surface area contributed by atoms with E-state index in [2.05, 4.69) is 11.8 Å². The van der Waals surface area contributed by atoms with Crippen molar-refractivity contribution in [2.24, 2.45) is 0 Å². The molecule has 5 nitrogen and oxygen atoms in total. The smallest absolute Gasteiger partial charge is 0.318 e. The van der Waals surface area contributed by atoms with Crippen molar-refractivity contribution >= 4 is 11.9 Å². The van der Waals surface area contributed by atoms with Gasteiger partial charge < -0.3 is 4.90 Å². The van der Waals surface area contributed by atoms with Crippen molar-refractivity contribution in [3.63, 3.8) is 0 Å². The summed E-state index contributed by atoms with van der Waals surface area (Å²) < 4.78 is 0. The first-order chi connectivity index (χ1) is 8.65. The first kappa shape index (κ1) is 13.3. The third-order valence-electron chi connectivity index (χ3n) is 3.83. The molecule has 2 aliphatic rings. The minimum Gasteiger partial charge on any atom is -0.318 e. The topological polar surface area (TPSA) is 43.9 Å². The molecule has 2 aliphatic heterocycles. The Labute approximate surface area is 109 Å². The van der Waals surface area contributed by atoms with E-state index in [4.69, 9.17) is 0 Å². The number of likely N-dealkylation sites (tertiary alicyclic amines) is 1. The summed E-state index contributed by atoms with van der Waals surface area (Å²) in [5.74, 6) is -0.0495. The van der Waals surface area contributed by atoms with Crippen LogP contribution in [-0.2, 0) is 4.79 Å². The van der Waals surface area contributed by atoms with Crippen LogP contribution in [0.1, 0.15) is 39.0 Å². The van der Waals surface area contributed by atoms with Gasteiger partial charge in [-0.1, -0.05) is 19.8 Å². The number of piperidine rings is 1. The van der Waals surface area contributed by atoms with Gasteiger partial charge in [-0.05, 0) is 19.3 Å². The summed E-state index contributed by atoms with van der Waals surface area (Å²) in [4.78, 5) is 29.4. The highest BCUT2D eigenvalue weighted by molar-refractivity contribution is 6.02. The van der Waals surface area contributed by atoms with Crippen LogP contribution in [0.25, 0.3) is 0 Å². The normalized spacial score (nSPS) is 23.9. The minimum absolute atomic E-state index is 0.0275. The lowest BCUT2D eigenvalue weighted by Crippen LogP contribution is -2.52. The van der Waals surface area contributed by atoms with Gasteiger partial charge in [0.2, 0.25) is 0 Å². The number of carbonyl (C=O) groups is 2. The van der Waals surface area contributed by atoms with E-state index >= 15 is 0 Å². The molecule has 0 spiro atoms. The number of urea groups is 1. The van der Waals surface area contributed by atoms with Crippen molar-refractivity contribution < 1.29 is 9.59 Å². The second-order valence-electron chi connectivity index (χ2n) is 5.27. The van der Waals surface area contributed by atoms with Crippen molar-refractivity contribution in [2.75, 3.05) is 26.7 Å². The standard InChI is InChI=1S/C13H23N3O2/c1-3-7-11(15-8-5-4-6-9-15)16-12(17)10-14(2)13(16)18/h11H,3-10H2,1-2H3. The lowest BCUT2D eigenvalue weighted by atomic mass is 10.1. The number of rotatable bonds is 4. The molecule has 5 heteroatoms. The Kier molecular flexibility index (Phi) is 4.22. The van der Waals surface area contributed by atoms with E-state index in [0.29, 0.717) is 0 Å². The van der Waals surface area contributed by atoms with Crippen LogP contribution in [0.15, 0.2) is 0 Å². The van der Waals surface area contributed by atoms with Crippen LogP contribution in [0.2, 0.25) is 0 Å². The first-order valence-electron chi connectivity index (χ1n) is 6.96. The highest BCUT2D eigenvalue weighted by Gasteiger charge is 2.40. The van der Waals surface area contributed by atoms with Crippen molar-refractivity contribution in [1.82, 2.24) is 14.7 Å². The van der Waals surface area contributed by atoms with E-state index in [1.807, 2.05) is 0 Å². The number of likely N-dealkylation sites (N-methyl/N-ethyl adjacent to an activating group) is 1. The monoisotopic (exact) mass is 253 g/mol. The fraction of sp³-hybridized carbons (Fsp3) is 0.846. The molecular weight excluding hydrogens is 230 g/mol. The lowest BCUT2D eigenvalue weighted by Gasteiger charge is -2.38. The van der Waals surface area contributed by atoms with Crippen LogP contribution in [-0.4, -0.2) is 59.5 Å². The zero-order chi connectivity index (χ0) is 13.1. The number of imide groups is 1. The zero-order valence-corrected chi connectivity index (χ0v) is 11.4. The van der Waals surface area contributed by atoms with Crippen molar-refractivity contribution in [3.05, 3.63) is 0 Å². The minimum atomic E-state index is -0.135. The van der Waals surface area contributed by atoms with Gasteiger partial charge in [0.15, 0.2) is 0 Å². The number of carbonyl (C=O) groups excluding carboxylic acids is 2.